The second-order valence-electron chi connectivity index (χ2n) is 4.45. The third-order valence-electron chi connectivity index (χ3n) is 2.94. The number of carbonyl (C=O) groups excluding carboxylic acids is 1. The number of rotatable bonds is 6. The first-order valence-corrected chi connectivity index (χ1v) is 6.78. The molecule has 0 unspecified atom stereocenters. The molecule has 1 N–H and O–H groups in total. The molecule has 2 aromatic rings. The van der Waals surface area contributed by atoms with Crippen LogP contribution in [0.15, 0.2) is 42.7 Å². The summed E-state index contributed by atoms with van der Waals surface area (Å²) in [5.41, 5.74) is -0.268. The maximum atomic E-state index is 12.0. The smallest absolute Gasteiger partial charge is 0.282 e. The Bertz CT molecular complexity index is 641. The lowest BCUT2D eigenvalue weighted by Gasteiger charge is -2.07. The number of aromatic nitrogens is 1. The number of nitro groups is 1. The Balaban J connectivity index is 1.93. The molecule has 0 aliphatic rings. The van der Waals surface area contributed by atoms with Gasteiger partial charge in [-0.05, 0) is 30.7 Å². The summed E-state index contributed by atoms with van der Waals surface area (Å²) in [4.78, 5) is 22.3. The van der Waals surface area contributed by atoms with E-state index in [1.54, 1.807) is 0 Å². The van der Waals surface area contributed by atoms with Crippen LogP contribution >= 0.6 is 11.6 Å². The van der Waals surface area contributed by atoms with Crippen LogP contribution in [0.2, 0.25) is 5.02 Å². The van der Waals surface area contributed by atoms with Gasteiger partial charge in [0, 0.05) is 36.6 Å². The second-order valence-corrected chi connectivity index (χ2v) is 4.89. The molecule has 0 saturated carbocycles. The zero-order valence-corrected chi connectivity index (χ0v) is 11.9. The minimum absolute atomic E-state index is 0.0199. The monoisotopic (exact) mass is 307 g/mol. The summed E-state index contributed by atoms with van der Waals surface area (Å²) in [7, 11) is 0. The Hall–Kier alpha value is -2.34. The largest absolute Gasteiger partial charge is 0.354 e. The summed E-state index contributed by atoms with van der Waals surface area (Å²) in [5, 5.41) is 13.9. The van der Waals surface area contributed by atoms with E-state index in [2.05, 4.69) is 5.32 Å². The van der Waals surface area contributed by atoms with Crippen LogP contribution < -0.4 is 5.32 Å². The molecule has 1 heterocycles. The third-order valence-corrected chi connectivity index (χ3v) is 3.18. The molecule has 0 fully saturated rings. The van der Waals surface area contributed by atoms with Crippen molar-refractivity contribution < 1.29 is 9.72 Å². The first-order valence-electron chi connectivity index (χ1n) is 6.41. The Kier molecular flexibility index (Phi) is 4.94. The van der Waals surface area contributed by atoms with Crippen LogP contribution in [-0.2, 0) is 6.54 Å². The molecule has 0 atom stereocenters. The van der Waals surface area contributed by atoms with E-state index in [0.29, 0.717) is 6.54 Å². The predicted octanol–water partition coefficient (Wildman–Crippen LogP) is 2.87. The molecule has 0 radical (unpaired) electrons. The molecule has 0 aliphatic heterocycles. The third kappa shape index (κ3) is 4.06. The molecule has 110 valence electrons. The van der Waals surface area contributed by atoms with Crippen LogP contribution in [0.3, 0.4) is 0 Å². The van der Waals surface area contributed by atoms with E-state index < -0.39 is 10.8 Å². The van der Waals surface area contributed by atoms with Crippen molar-refractivity contribution >= 4 is 23.2 Å². The average molecular weight is 308 g/mol. The molecular weight excluding hydrogens is 294 g/mol. The maximum Gasteiger partial charge on any atom is 0.282 e. The zero-order valence-electron chi connectivity index (χ0n) is 11.2. The van der Waals surface area contributed by atoms with Crippen LogP contribution in [0.25, 0.3) is 0 Å². The Morgan fingerprint density at radius 1 is 1.33 bits per heavy atom. The highest BCUT2D eigenvalue weighted by Gasteiger charge is 2.19. The predicted molar refractivity (Wildman–Crippen MR) is 79.5 cm³/mol. The Morgan fingerprint density at radius 3 is 2.71 bits per heavy atom. The number of nitrogens with one attached hydrogen (secondary N) is 1. The van der Waals surface area contributed by atoms with Gasteiger partial charge in [0.05, 0.1) is 4.92 Å². The second kappa shape index (κ2) is 6.90. The minimum atomic E-state index is -0.592. The highest BCUT2D eigenvalue weighted by atomic mass is 35.5. The van der Waals surface area contributed by atoms with Crippen molar-refractivity contribution in [3.05, 3.63) is 63.4 Å². The van der Waals surface area contributed by atoms with Gasteiger partial charge < -0.3 is 9.88 Å². The van der Waals surface area contributed by atoms with Crippen LogP contribution in [0.4, 0.5) is 5.69 Å². The van der Waals surface area contributed by atoms with Gasteiger partial charge in [-0.15, -0.1) is 0 Å². The van der Waals surface area contributed by atoms with Gasteiger partial charge in [-0.3, -0.25) is 14.9 Å². The first-order chi connectivity index (χ1) is 10.1. The molecule has 1 amide bonds. The topological polar surface area (TPSA) is 77.2 Å². The quantitative estimate of drug-likeness (QED) is 0.506. The number of halogens is 1. The van der Waals surface area contributed by atoms with E-state index in [1.165, 1.54) is 18.2 Å². The summed E-state index contributed by atoms with van der Waals surface area (Å²) in [6, 6.07) is 7.78. The van der Waals surface area contributed by atoms with Gasteiger partial charge in [0.25, 0.3) is 11.6 Å². The van der Waals surface area contributed by atoms with E-state index in [1.807, 2.05) is 29.1 Å². The van der Waals surface area contributed by atoms with Gasteiger partial charge in [0.2, 0.25) is 0 Å². The fourth-order valence-corrected chi connectivity index (χ4v) is 2.10. The van der Waals surface area contributed by atoms with Crippen molar-refractivity contribution in [2.45, 2.75) is 13.0 Å². The number of nitro benzene ring substituents is 1. The van der Waals surface area contributed by atoms with E-state index >= 15 is 0 Å². The van der Waals surface area contributed by atoms with E-state index in [9.17, 15) is 14.9 Å². The normalized spacial score (nSPS) is 10.3. The number of nitrogens with zero attached hydrogens (tertiary/aromatic N) is 2. The molecule has 0 aliphatic carbocycles. The standard InChI is InChI=1S/C14H14ClN3O3/c15-11-4-5-13(18(20)21)12(10-11)14(19)16-6-3-9-17-7-1-2-8-17/h1-2,4-5,7-8,10H,3,6,9H2,(H,16,19). The lowest BCUT2D eigenvalue weighted by atomic mass is 10.1. The fraction of sp³-hybridized carbons (Fsp3) is 0.214. The molecule has 6 nitrogen and oxygen atoms in total. The summed E-state index contributed by atoms with van der Waals surface area (Å²) in [6.45, 7) is 1.20. The molecule has 0 saturated heterocycles. The van der Waals surface area contributed by atoms with Gasteiger partial charge in [0.1, 0.15) is 5.56 Å². The number of hydrogen-bond donors (Lipinski definition) is 1. The average Bonchev–Trinajstić information content (AvgIpc) is 2.96. The summed E-state index contributed by atoms with van der Waals surface area (Å²) < 4.78 is 1.99. The van der Waals surface area contributed by atoms with Crippen LogP contribution in [-0.4, -0.2) is 21.9 Å². The van der Waals surface area contributed by atoms with Gasteiger partial charge in [-0.2, -0.15) is 0 Å². The summed E-state index contributed by atoms with van der Waals surface area (Å²) in [5.74, 6) is -0.489. The molecule has 1 aromatic carbocycles. The van der Waals surface area contributed by atoms with Crippen molar-refractivity contribution in [2.24, 2.45) is 0 Å². The highest BCUT2D eigenvalue weighted by molar-refractivity contribution is 6.31. The van der Waals surface area contributed by atoms with Gasteiger partial charge in [-0.25, -0.2) is 0 Å². The molecular formula is C14H14ClN3O3. The van der Waals surface area contributed by atoms with Crippen molar-refractivity contribution in [2.75, 3.05) is 6.54 Å². The van der Waals surface area contributed by atoms with Crippen molar-refractivity contribution in [1.29, 1.82) is 0 Å². The lowest BCUT2D eigenvalue weighted by molar-refractivity contribution is -0.385. The SMILES string of the molecule is O=C(NCCCn1cccc1)c1cc(Cl)ccc1[N+](=O)[O-]. The van der Waals surface area contributed by atoms with Crippen LogP contribution in [0.1, 0.15) is 16.8 Å². The maximum absolute atomic E-state index is 12.0. The Labute approximate surface area is 126 Å². The number of aryl methyl sites for hydroxylation is 1. The summed E-state index contributed by atoms with van der Waals surface area (Å²) >= 11 is 5.79. The fourth-order valence-electron chi connectivity index (χ4n) is 1.93. The lowest BCUT2D eigenvalue weighted by Crippen LogP contribution is -2.26. The molecule has 2 rings (SSSR count). The highest BCUT2D eigenvalue weighted by Crippen LogP contribution is 2.22. The van der Waals surface area contributed by atoms with Crippen LogP contribution in [0, 0.1) is 10.1 Å². The minimum Gasteiger partial charge on any atom is -0.354 e. The molecule has 0 bridgehead atoms. The number of benzene rings is 1. The molecule has 21 heavy (non-hydrogen) atoms. The molecule has 0 spiro atoms. The van der Waals surface area contributed by atoms with Gasteiger partial charge >= 0.3 is 0 Å². The van der Waals surface area contributed by atoms with Gasteiger partial charge in [-0.1, -0.05) is 11.6 Å². The number of carbonyl (C=O) groups is 1. The van der Waals surface area contributed by atoms with E-state index in [4.69, 9.17) is 11.6 Å². The number of amides is 1. The van der Waals surface area contributed by atoms with E-state index in [0.717, 1.165) is 13.0 Å². The van der Waals surface area contributed by atoms with Crippen molar-refractivity contribution in [1.82, 2.24) is 9.88 Å². The molecule has 7 heteroatoms. The van der Waals surface area contributed by atoms with Crippen molar-refractivity contribution in [3.63, 3.8) is 0 Å². The van der Waals surface area contributed by atoms with Gasteiger partial charge in [0.15, 0.2) is 0 Å². The summed E-state index contributed by atoms with van der Waals surface area (Å²) in [6.07, 6.45) is 4.60. The zero-order chi connectivity index (χ0) is 15.2. The van der Waals surface area contributed by atoms with Crippen LogP contribution in [0.5, 0.6) is 0 Å². The van der Waals surface area contributed by atoms with E-state index in [-0.39, 0.29) is 16.3 Å². The Morgan fingerprint density at radius 2 is 2.05 bits per heavy atom. The first kappa shape index (κ1) is 15.1. The number of hydrogen-bond acceptors (Lipinski definition) is 3. The van der Waals surface area contributed by atoms with Crippen molar-refractivity contribution in [3.8, 4) is 0 Å². The molecule has 1 aromatic heterocycles.